The minimum Gasteiger partial charge on any atom is -0.495 e. The fourth-order valence-electron chi connectivity index (χ4n) is 2.27. The number of benzene rings is 2. The molecule has 0 radical (unpaired) electrons. The lowest BCUT2D eigenvalue weighted by Crippen LogP contribution is -2.16. The molecule has 132 valence electrons. The van der Waals surface area contributed by atoms with Crippen LogP contribution in [0.4, 0.5) is 11.4 Å². The Hall–Kier alpha value is -3.02. The molecule has 0 atom stereocenters. The molecule has 0 aromatic heterocycles. The van der Waals surface area contributed by atoms with Gasteiger partial charge in [-0.05, 0) is 42.8 Å². The molecule has 6 heteroatoms. The molecule has 2 amide bonds. The van der Waals surface area contributed by atoms with E-state index in [0.717, 1.165) is 11.3 Å². The number of methoxy groups -OCH3 is 1. The number of rotatable bonds is 7. The Morgan fingerprint density at radius 3 is 2.56 bits per heavy atom. The molecule has 0 aliphatic carbocycles. The number of aryl methyl sites for hydroxylation is 1. The first-order chi connectivity index (χ1) is 12.0. The lowest BCUT2D eigenvalue weighted by molar-refractivity contribution is -0.116. The lowest BCUT2D eigenvalue weighted by Gasteiger charge is -2.13. The molecule has 2 N–H and O–H groups in total. The van der Waals surface area contributed by atoms with E-state index in [9.17, 15) is 9.59 Å². The van der Waals surface area contributed by atoms with Crippen molar-refractivity contribution in [3.05, 3.63) is 48.0 Å². The zero-order valence-corrected chi connectivity index (χ0v) is 14.6. The van der Waals surface area contributed by atoms with Gasteiger partial charge in [0.05, 0.1) is 25.8 Å². The summed E-state index contributed by atoms with van der Waals surface area (Å²) in [5.74, 6) is 0.861. The summed E-state index contributed by atoms with van der Waals surface area (Å²) < 4.78 is 10.8. The highest BCUT2D eigenvalue weighted by atomic mass is 16.5. The Balaban J connectivity index is 1.93. The Labute approximate surface area is 147 Å². The van der Waals surface area contributed by atoms with Gasteiger partial charge in [0.1, 0.15) is 11.5 Å². The van der Waals surface area contributed by atoms with Crippen LogP contribution in [-0.4, -0.2) is 25.5 Å². The van der Waals surface area contributed by atoms with Crippen LogP contribution in [0.15, 0.2) is 42.5 Å². The third-order valence-electron chi connectivity index (χ3n) is 3.38. The maximum Gasteiger partial charge on any atom is 0.227 e. The van der Waals surface area contributed by atoms with Gasteiger partial charge in [-0.3, -0.25) is 9.59 Å². The van der Waals surface area contributed by atoms with Gasteiger partial charge in [0.25, 0.3) is 0 Å². The van der Waals surface area contributed by atoms with Crippen LogP contribution in [0.1, 0.15) is 18.9 Å². The quantitative estimate of drug-likeness (QED) is 0.809. The van der Waals surface area contributed by atoms with Crippen LogP contribution in [0.5, 0.6) is 11.5 Å². The average Bonchev–Trinajstić information content (AvgIpc) is 2.54. The summed E-state index contributed by atoms with van der Waals surface area (Å²) in [6.45, 7) is 3.67. The minimum absolute atomic E-state index is 0.186. The van der Waals surface area contributed by atoms with E-state index in [4.69, 9.17) is 9.47 Å². The van der Waals surface area contributed by atoms with Crippen LogP contribution >= 0.6 is 0 Å². The fourth-order valence-corrected chi connectivity index (χ4v) is 2.27. The van der Waals surface area contributed by atoms with E-state index in [-0.39, 0.29) is 24.8 Å². The summed E-state index contributed by atoms with van der Waals surface area (Å²) in [5.41, 5.74) is 2.18. The Morgan fingerprint density at radius 1 is 1.08 bits per heavy atom. The van der Waals surface area contributed by atoms with Gasteiger partial charge in [0.2, 0.25) is 11.8 Å². The number of hydrogen-bond acceptors (Lipinski definition) is 4. The van der Waals surface area contributed by atoms with Crippen LogP contribution in [0, 0.1) is 6.92 Å². The highest BCUT2D eigenvalue weighted by Gasteiger charge is 2.10. The van der Waals surface area contributed by atoms with Gasteiger partial charge < -0.3 is 20.1 Å². The van der Waals surface area contributed by atoms with Gasteiger partial charge in [-0.25, -0.2) is 0 Å². The average molecular weight is 342 g/mol. The number of hydrogen-bond donors (Lipinski definition) is 2. The van der Waals surface area contributed by atoms with Crippen molar-refractivity contribution in [2.75, 3.05) is 24.4 Å². The Kier molecular flexibility index (Phi) is 6.39. The van der Waals surface area contributed by atoms with Crippen LogP contribution in [-0.2, 0) is 9.59 Å². The molecule has 2 rings (SSSR count). The molecule has 0 saturated heterocycles. The van der Waals surface area contributed by atoms with Crippen LogP contribution < -0.4 is 20.1 Å². The standard InChI is InChI=1S/C19H22N2O4/c1-13-5-4-6-16(11-13)25-10-9-19(23)21-17-12-15(20-14(2)22)7-8-18(17)24-3/h4-8,11-12H,9-10H2,1-3H3,(H,20,22)(H,21,23). The van der Waals surface area contributed by atoms with Gasteiger partial charge in [0, 0.05) is 12.6 Å². The molecule has 0 fully saturated rings. The summed E-state index contributed by atoms with van der Waals surface area (Å²) in [6, 6.07) is 12.7. The smallest absolute Gasteiger partial charge is 0.227 e. The van der Waals surface area contributed by atoms with Crippen molar-refractivity contribution in [1.82, 2.24) is 0 Å². The molecule has 0 spiro atoms. The lowest BCUT2D eigenvalue weighted by atomic mass is 10.2. The molecule has 2 aromatic rings. The molecular formula is C19H22N2O4. The van der Waals surface area contributed by atoms with E-state index in [0.29, 0.717) is 17.1 Å². The SMILES string of the molecule is COc1ccc(NC(C)=O)cc1NC(=O)CCOc1cccc(C)c1. The first-order valence-corrected chi connectivity index (χ1v) is 7.93. The number of anilines is 2. The van der Waals surface area contributed by atoms with E-state index in [1.165, 1.54) is 14.0 Å². The van der Waals surface area contributed by atoms with E-state index in [1.807, 2.05) is 31.2 Å². The maximum atomic E-state index is 12.1. The molecule has 0 aliphatic heterocycles. The molecule has 25 heavy (non-hydrogen) atoms. The summed E-state index contributed by atoms with van der Waals surface area (Å²) in [6.07, 6.45) is 0.196. The molecule has 2 aromatic carbocycles. The normalized spacial score (nSPS) is 10.0. The van der Waals surface area contributed by atoms with E-state index >= 15 is 0 Å². The Morgan fingerprint density at radius 2 is 1.88 bits per heavy atom. The highest BCUT2D eigenvalue weighted by Crippen LogP contribution is 2.28. The third-order valence-corrected chi connectivity index (χ3v) is 3.38. The van der Waals surface area contributed by atoms with Gasteiger partial charge in [-0.15, -0.1) is 0 Å². The van der Waals surface area contributed by atoms with Gasteiger partial charge >= 0.3 is 0 Å². The molecule has 6 nitrogen and oxygen atoms in total. The second kappa shape index (κ2) is 8.73. The van der Waals surface area contributed by atoms with Crippen molar-refractivity contribution >= 4 is 23.2 Å². The number of nitrogens with one attached hydrogen (secondary N) is 2. The second-order valence-electron chi connectivity index (χ2n) is 5.56. The number of carbonyl (C=O) groups is 2. The highest BCUT2D eigenvalue weighted by molar-refractivity contribution is 5.94. The number of ether oxygens (including phenoxy) is 2. The summed E-state index contributed by atoms with van der Waals surface area (Å²) in [4.78, 5) is 23.3. The first kappa shape index (κ1) is 18.3. The predicted molar refractivity (Wildman–Crippen MR) is 97.2 cm³/mol. The van der Waals surface area contributed by atoms with E-state index in [1.54, 1.807) is 18.2 Å². The van der Waals surface area contributed by atoms with Crippen molar-refractivity contribution in [3.8, 4) is 11.5 Å². The van der Waals surface area contributed by atoms with Crippen molar-refractivity contribution in [3.63, 3.8) is 0 Å². The largest absolute Gasteiger partial charge is 0.495 e. The Bertz CT molecular complexity index is 759. The number of amides is 2. The summed E-state index contributed by atoms with van der Waals surface area (Å²) in [5, 5.41) is 5.45. The van der Waals surface area contributed by atoms with Gasteiger partial charge in [-0.1, -0.05) is 12.1 Å². The second-order valence-corrected chi connectivity index (χ2v) is 5.56. The van der Waals surface area contributed by atoms with Crippen molar-refractivity contribution < 1.29 is 19.1 Å². The molecule has 0 aliphatic rings. The molecule has 0 unspecified atom stereocenters. The van der Waals surface area contributed by atoms with Gasteiger partial charge in [-0.2, -0.15) is 0 Å². The molecule has 0 saturated carbocycles. The van der Waals surface area contributed by atoms with Gasteiger partial charge in [0.15, 0.2) is 0 Å². The maximum absolute atomic E-state index is 12.1. The zero-order valence-electron chi connectivity index (χ0n) is 14.6. The third kappa shape index (κ3) is 5.84. The predicted octanol–water partition coefficient (Wildman–Crippen LogP) is 3.37. The summed E-state index contributed by atoms with van der Waals surface area (Å²) >= 11 is 0. The van der Waals surface area contributed by atoms with Crippen molar-refractivity contribution in [2.24, 2.45) is 0 Å². The monoisotopic (exact) mass is 342 g/mol. The van der Waals surface area contributed by atoms with Crippen LogP contribution in [0.3, 0.4) is 0 Å². The fraction of sp³-hybridized carbons (Fsp3) is 0.263. The first-order valence-electron chi connectivity index (χ1n) is 7.93. The molecule has 0 bridgehead atoms. The van der Waals surface area contributed by atoms with E-state index < -0.39 is 0 Å². The topological polar surface area (TPSA) is 76.7 Å². The number of carbonyl (C=O) groups excluding carboxylic acids is 2. The van der Waals surface area contributed by atoms with Crippen LogP contribution in [0.25, 0.3) is 0 Å². The van der Waals surface area contributed by atoms with E-state index in [2.05, 4.69) is 10.6 Å². The van der Waals surface area contributed by atoms with Crippen LogP contribution in [0.2, 0.25) is 0 Å². The van der Waals surface area contributed by atoms with Crippen molar-refractivity contribution in [2.45, 2.75) is 20.3 Å². The molecule has 0 heterocycles. The zero-order chi connectivity index (χ0) is 18.2. The minimum atomic E-state index is -0.203. The summed E-state index contributed by atoms with van der Waals surface area (Å²) in [7, 11) is 1.52. The molecular weight excluding hydrogens is 320 g/mol. The van der Waals surface area contributed by atoms with Crippen molar-refractivity contribution in [1.29, 1.82) is 0 Å².